The van der Waals surface area contributed by atoms with Crippen LogP contribution in [0, 0.1) is 0 Å². The molecule has 1 aliphatic heterocycles. The van der Waals surface area contributed by atoms with Crippen molar-refractivity contribution in [2.24, 2.45) is 0 Å². The number of thioether (sulfide) groups is 1. The van der Waals surface area contributed by atoms with E-state index in [0.29, 0.717) is 23.5 Å². The maximum atomic E-state index is 12.7. The Morgan fingerprint density at radius 3 is 2.59 bits per heavy atom. The van der Waals surface area contributed by atoms with Crippen LogP contribution < -0.4 is 11.0 Å². The topological polar surface area (TPSA) is 89.0 Å². The lowest BCUT2D eigenvalue weighted by Gasteiger charge is -2.20. The van der Waals surface area contributed by atoms with Gasteiger partial charge in [-0.05, 0) is 35.8 Å². The van der Waals surface area contributed by atoms with Gasteiger partial charge in [0.1, 0.15) is 0 Å². The lowest BCUT2D eigenvalue weighted by atomic mass is 9.92. The number of hydrogen-bond donors (Lipinski definition) is 2. The molecule has 1 unspecified atom stereocenters. The largest absolute Gasteiger partial charge is 0.376 e. The molecule has 2 aromatic rings. The first-order valence-corrected chi connectivity index (χ1v) is 11.2. The number of rotatable bonds is 8. The summed E-state index contributed by atoms with van der Waals surface area (Å²) < 4.78 is 7.19. The first-order chi connectivity index (χ1) is 13.9. The van der Waals surface area contributed by atoms with Crippen LogP contribution in [-0.4, -0.2) is 39.1 Å². The number of nitrogens with zero attached hydrogens (tertiary/aromatic N) is 2. The van der Waals surface area contributed by atoms with Crippen molar-refractivity contribution in [3.8, 4) is 0 Å². The van der Waals surface area contributed by atoms with Crippen molar-refractivity contribution in [3.63, 3.8) is 0 Å². The maximum absolute atomic E-state index is 12.7. The van der Waals surface area contributed by atoms with Crippen molar-refractivity contribution in [1.29, 1.82) is 0 Å². The van der Waals surface area contributed by atoms with Crippen LogP contribution in [0.4, 0.5) is 5.69 Å². The summed E-state index contributed by atoms with van der Waals surface area (Å²) in [5.41, 5.74) is 2.90. The molecule has 0 spiro atoms. The summed E-state index contributed by atoms with van der Waals surface area (Å²) in [7, 11) is 0. The van der Waals surface area contributed by atoms with Crippen LogP contribution in [0.5, 0.6) is 0 Å². The Morgan fingerprint density at radius 2 is 2.00 bits per heavy atom. The summed E-state index contributed by atoms with van der Waals surface area (Å²) >= 11 is 1.26. The predicted octanol–water partition coefficient (Wildman–Crippen LogP) is 3.73. The third-order valence-corrected chi connectivity index (χ3v) is 6.08. The minimum atomic E-state index is -0.268. The minimum absolute atomic E-state index is 0.0324. The Kier molecular flexibility index (Phi) is 7.18. The molecule has 1 fully saturated rings. The number of carbonyl (C=O) groups is 1. The summed E-state index contributed by atoms with van der Waals surface area (Å²) in [4.78, 5) is 24.8. The number of H-pyrrole nitrogens is 1. The van der Waals surface area contributed by atoms with Gasteiger partial charge in [-0.3, -0.25) is 9.36 Å². The first kappa shape index (κ1) is 21.6. The molecule has 2 heterocycles. The van der Waals surface area contributed by atoms with Crippen LogP contribution in [-0.2, 0) is 16.1 Å². The molecule has 1 atom stereocenters. The Labute approximate surface area is 175 Å². The number of para-hydroxylation sites is 1. The fourth-order valence-electron chi connectivity index (χ4n) is 3.57. The first-order valence-electron chi connectivity index (χ1n) is 10.2. The molecule has 1 aromatic heterocycles. The molecule has 8 heteroatoms. The van der Waals surface area contributed by atoms with E-state index in [1.807, 2.05) is 6.07 Å². The summed E-state index contributed by atoms with van der Waals surface area (Å²) in [5.74, 6) is 0.683. The molecule has 29 heavy (non-hydrogen) atoms. The van der Waals surface area contributed by atoms with Crippen LogP contribution in [0.25, 0.3) is 0 Å². The zero-order valence-electron chi connectivity index (χ0n) is 17.5. The average molecular weight is 419 g/mol. The molecule has 1 amide bonds. The molecule has 1 aromatic carbocycles. The molecule has 1 saturated heterocycles. The molecule has 3 rings (SSSR count). The van der Waals surface area contributed by atoms with E-state index in [2.05, 4.69) is 55.3 Å². The molecular formula is C21H30N4O3S. The van der Waals surface area contributed by atoms with E-state index in [-0.39, 0.29) is 23.5 Å². The van der Waals surface area contributed by atoms with Gasteiger partial charge in [0.15, 0.2) is 5.16 Å². The summed E-state index contributed by atoms with van der Waals surface area (Å²) in [5, 5.41) is 10.2. The van der Waals surface area contributed by atoms with Gasteiger partial charge in [-0.1, -0.05) is 57.7 Å². The SMILES string of the molecule is CC(C)c1cccc(C(C)C)c1NC(=O)CSc1n[nH]c(=O)n1CC1CCCO1. The highest BCUT2D eigenvalue weighted by atomic mass is 32.2. The van der Waals surface area contributed by atoms with Gasteiger partial charge >= 0.3 is 5.69 Å². The normalized spacial score (nSPS) is 16.7. The monoisotopic (exact) mass is 418 g/mol. The number of carbonyl (C=O) groups excluding carboxylic acids is 1. The highest BCUT2D eigenvalue weighted by Crippen LogP contribution is 2.32. The zero-order valence-corrected chi connectivity index (χ0v) is 18.3. The van der Waals surface area contributed by atoms with E-state index in [0.717, 1.165) is 36.3 Å². The number of nitrogens with one attached hydrogen (secondary N) is 2. The molecule has 2 N–H and O–H groups in total. The molecule has 0 bridgehead atoms. The Hall–Kier alpha value is -2.06. The van der Waals surface area contributed by atoms with E-state index in [1.54, 1.807) is 4.57 Å². The lowest BCUT2D eigenvalue weighted by Crippen LogP contribution is -2.25. The number of benzene rings is 1. The molecule has 0 radical (unpaired) electrons. The number of hydrogen-bond acceptors (Lipinski definition) is 5. The zero-order chi connectivity index (χ0) is 21.0. The van der Waals surface area contributed by atoms with Crippen LogP contribution in [0.15, 0.2) is 28.2 Å². The number of aromatic nitrogens is 3. The number of amides is 1. The number of aromatic amines is 1. The second-order valence-electron chi connectivity index (χ2n) is 8.01. The van der Waals surface area contributed by atoms with Gasteiger partial charge in [0.2, 0.25) is 5.91 Å². The van der Waals surface area contributed by atoms with Gasteiger partial charge in [0.25, 0.3) is 0 Å². The van der Waals surface area contributed by atoms with Gasteiger partial charge in [-0.25, -0.2) is 9.89 Å². The van der Waals surface area contributed by atoms with Crippen LogP contribution in [0.3, 0.4) is 0 Å². The van der Waals surface area contributed by atoms with Gasteiger partial charge in [-0.15, -0.1) is 5.10 Å². The molecule has 1 aliphatic rings. The summed E-state index contributed by atoms with van der Waals surface area (Å²) in [6.07, 6.45) is 1.98. The maximum Gasteiger partial charge on any atom is 0.344 e. The number of anilines is 1. The average Bonchev–Trinajstić information content (AvgIpc) is 3.31. The number of ether oxygens (including phenoxy) is 1. The van der Waals surface area contributed by atoms with Crippen LogP contribution in [0.2, 0.25) is 0 Å². The Bertz CT molecular complexity index is 871. The fraction of sp³-hybridized carbons (Fsp3) is 0.571. The van der Waals surface area contributed by atoms with E-state index in [4.69, 9.17) is 4.74 Å². The third-order valence-electron chi connectivity index (χ3n) is 5.10. The van der Waals surface area contributed by atoms with Crippen molar-refractivity contribution in [1.82, 2.24) is 14.8 Å². The molecular weight excluding hydrogens is 388 g/mol. The van der Waals surface area contributed by atoms with Crippen molar-refractivity contribution in [2.75, 3.05) is 17.7 Å². The lowest BCUT2D eigenvalue weighted by molar-refractivity contribution is -0.113. The predicted molar refractivity (Wildman–Crippen MR) is 116 cm³/mol. The van der Waals surface area contributed by atoms with Gasteiger partial charge in [0, 0.05) is 12.3 Å². The molecule has 7 nitrogen and oxygen atoms in total. The third kappa shape index (κ3) is 5.30. The van der Waals surface area contributed by atoms with Crippen molar-refractivity contribution < 1.29 is 9.53 Å². The Balaban J connectivity index is 1.69. The van der Waals surface area contributed by atoms with E-state index in [9.17, 15) is 9.59 Å². The van der Waals surface area contributed by atoms with Crippen LogP contribution in [0.1, 0.15) is 63.5 Å². The summed E-state index contributed by atoms with van der Waals surface area (Å²) in [6.45, 7) is 9.69. The Morgan fingerprint density at radius 1 is 1.31 bits per heavy atom. The smallest absolute Gasteiger partial charge is 0.344 e. The van der Waals surface area contributed by atoms with Crippen molar-refractivity contribution in [2.45, 2.75) is 70.2 Å². The minimum Gasteiger partial charge on any atom is -0.376 e. The summed E-state index contributed by atoms with van der Waals surface area (Å²) in [6, 6.07) is 6.17. The van der Waals surface area contributed by atoms with E-state index >= 15 is 0 Å². The highest BCUT2D eigenvalue weighted by molar-refractivity contribution is 7.99. The fourth-order valence-corrected chi connectivity index (χ4v) is 4.32. The van der Waals surface area contributed by atoms with Crippen LogP contribution >= 0.6 is 11.8 Å². The van der Waals surface area contributed by atoms with E-state index in [1.165, 1.54) is 11.8 Å². The molecule has 158 valence electrons. The van der Waals surface area contributed by atoms with E-state index < -0.39 is 0 Å². The second-order valence-corrected chi connectivity index (χ2v) is 8.96. The van der Waals surface area contributed by atoms with Gasteiger partial charge in [-0.2, -0.15) is 0 Å². The second kappa shape index (κ2) is 9.63. The van der Waals surface area contributed by atoms with Crippen molar-refractivity contribution >= 4 is 23.4 Å². The highest BCUT2D eigenvalue weighted by Gasteiger charge is 2.21. The molecule has 0 saturated carbocycles. The van der Waals surface area contributed by atoms with Gasteiger partial charge < -0.3 is 10.1 Å². The quantitative estimate of drug-likeness (QED) is 0.638. The standard InChI is InChI=1S/C21H30N4O3S/c1-13(2)16-8-5-9-17(14(3)4)19(16)22-18(26)12-29-21-24-23-20(27)25(21)11-15-7-6-10-28-15/h5,8-9,13-15H,6-7,10-12H2,1-4H3,(H,22,26)(H,23,27). The van der Waals surface area contributed by atoms with Crippen molar-refractivity contribution in [3.05, 3.63) is 39.8 Å². The van der Waals surface area contributed by atoms with Gasteiger partial charge in [0.05, 0.1) is 18.4 Å². The molecule has 0 aliphatic carbocycles.